The van der Waals surface area contributed by atoms with Crippen LogP contribution in [0.15, 0.2) is 0 Å². The molecule has 0 aliphatic rings. The van der Waals surface area contributed by atoms with E-state index < -0.39 is 0 Å². The minimum atomic E-state index is 0.294. The Morgan fingerprint density at radius 3 is 2.71 bits per heavy atom. The van der Waals surface area contributed by atoms with Crippen molar-refractivity contribution in [1.82, 2.24) is 5.43 Å². The van der Waals surface area contributed by atoms with E-state index in [9.17, 15) is 0 Å². The first-order valence-corrected chi connectivity index (χ1v) is 2.60. The minimum Gasteiger partial charge on any atom is -0.309 e. The van der Waals surface area contributed by atoms with Gasteiger partial charge in [-0.3, -0.25) is 0 Å². The average molecular weight is 133 g/mol. The van der Waals surface area contributed by atoms with E-state index >= 15 is 0 Å². The number of thioether (sulfide) groups is 1. The lowest BCUT2D eigenvalue weighted by molar-refractivity contribution is 1.07. The predicted octanol–water partition coefficient (Wildman–Crippen LogP) is -0.0511. The Hall–Kier alpha value is -0.310. The summed E-state index contributed by atoms with van der Waals surface area (Å²) < 4.78 is 0.294. The molecular weight excluding hydrogens is 130 g/mol. The molecule has 5 heteroatoms. The lowest BCUT2D eigenvalue weighted by atomic mass is 11.5. The molecule has 0 spiro atoms. The van der Waals surface area contributed by atoms with Gasteiger partial charge in [0.25, 0.3) is 0 Å². The van der Waals surface area contributed by atoms with Crippen LogP contribution in [0.1, 0.15) is 0 Å². The number of nitriles is 1. The van der Waals surface area contributed by atoms with Crippen molar-refractivity contribution in [2.75, 3.05) is 0 Å². The van der Waals surface area contributed by atoms with Gasteiger partial charge in [0.05, 0.1) is 0 Å². The summed E-state index contributed by atoms with van der Waals surface area (Å²) in [6, 6.07) is 0. The Morgan fingerprint density at radius 1 is 2.00 bits per heavy atom. The minimum absolute atomic E-state index is 0.294. The summed E-state index contributed by atoms with van der Waals surface area (Å²) in [6.45, 7) is 0. The lowest BCUT2D eigenvalue weighted by Crippen LogP contribution is -2.25. The number of nitrogens with one attached hydrogen (secondary N) is 1. The molecule has 0 saturated carbocycles. The summed E-state index contributed by atoms with van der Waals surface area (Å²) in [7, 11) is 0. The SMILES string of the molecule is N#CSC(=S)NN. The molecule has 0 aromatic carbocycles. The summed E-state index contributed by atoms with van der Waals surface area (Å²) in [5.41, 5.74) is 2.14. The smallest absolute Gasteiger partial charge is 0.162 e. The molecule has 7 heavy (non-hydrogen) atoms. The first kappa shape index (κ1) is 6.69. The number of thiocarbonyl (C=S) groups is 1. The number of hydrazine groups is 1. The fourth-order valence-electron chi connectivity index (χ4n) is 0.0709. The number of nitrogens with two attached hydrogens (primary N) is 1. The maximum absolute atomic E-state index is 7.90. The fourth-order valence-corrected chi connectivity index (χ4v) is 0.325. The normalized spacial score (nSPS) is 6.86. The van der Waals surface area contributed by atoms with Crippen LogP contribution < -0.4 is 11.3 Å². The molecule has 0 amide bonds. The van der Waals surface area contributed by atoms with Crippen molar-refractivity contribution < 1.29 is 0 Å². The number of hydrogen-bond acceptors (Lipinski definition) is 4. The summed E-state index contributed by atoms with van der Waals surface area (Å²) in [5, 5.41) is 9.65. The Balaban J connectivity index is 3.23. The highest BCUT2D eigenvalue weighted by Gasteiger charge is 1.86. The van der Waals surface area contributed by atoms with Gasteiger partial charge in [0, 0.05) is 11.8 Å². The molecule has 3 nitrogen and oxygen atoms in total. The molecule has 0 aliphatic heterocycles. The second kappa shape index (κ2) is 3.87. The zero-order valence-electron chi connectivity index (χ0n) is 3.34. The van der Waals surface area contributed by atoms with E-state index in [1.54, 1.807) is 5.40 Å². The first-order valence-electron chi connectivity index (χ1n) is 1.37. The van der Waals surface area contributed by atoms with Crippen molar-refractivity contribution in [3.63, 3.8) is 0 Å². The van der Waals surface area contributed by atoms with Gasteiger partial charge in [-0.2, -0.15) is 5.26 Å². The fraction of sp³-hybridized carbons (Fsp3) is 0. The Kier molecular flexibility index (Phi) is 3.69. The second-order valence-corrected chi connectivity index (χ2v) is 2.09. The molecule has 0 aromatic heterocycles. The zero-order chi connectivity index (χ0) is 5.70. The highest BCUT2D eigenvalue weighted by molar-refractivity contribution is 8.25. The Labute approximate surface area is 50.8 Å². The van der Waals surface area contributed by atoms with Crippen LogP contribution in [-0.4, -0.2) is 4.32 Å². The molecule has 0 radical (unpaired) electrons. The van der Waals surface area contributed by atoms with E-state index in [4.69, 9.17) is 11.1 Å². The van der Waals surface area contributed by atoms with Crippen LogP contribution in [-0.2, 0) is 0 Å². The quantitative estimate of drug-likeness (QED) is 0.210. The van der Waals surface area contributed by atoms with Gasteiger partial charge in [0.15, 0.2) is 4.32 Å². The van der Waals surface area contributed by atoms with Gasteiger partial charge in [0.1, 0.15) is 5.40 Å². The Morgan fingerprint density at radius 2 is 2.57 bits per heavy atom. The van der Waals surface area contributed by atoms with Gasteiger partial charge >= 0.3 is 0 Å². The molecule has 0 aliphatic carbocycles. The van der Waals surface area contributed by atoms with E-state index in [1.807, 2.05) is 0 Å². The standard InChI is InChI=1S/C2H3N3S2/c3-1-7-2(6)5-4/h4H2,(H,5,6). The van der Waals surface area contributed by atoms with E-state index in [1.165, 1.54) is 0 Å². The van der Waals surface area contributed by atoms with Crippen LogP contribution in [0.25, 0.3) is 0 Å². The van der Waals surface area contributed by atoms with Gasteiger partial charge in [-0.1, -0.05) is 12.2 Å². The van der Waals surface area contributed by atoms with Crippen molar-refractivity contribution in [2.45, 2.75) is 0 Å². The highest BCUT2D eigenvalue weighted by Crippen LogP contribution is 1.94. The molecule has 0 bridgehead atoms. The molecular formula is C2H3N3S2. The van der Waals surface area contributed by atoms with Crippen molar-refractivity contribution in [1.29, 1.82) is 5.26 Å². The molecule has 3 N–H and O–H groups in total. The van der Waals surface area contributed by atoms with Crippen molar-refractivity contribution >= 4 is 28.3 Å². The molecule has 0 atom stereocenters. The summed E-state index contributed by atoms with van der Waals surface area (Å²) in [6.07, 6.45) is 0. The third-order valence-corrected chi connectivity index (χ3v) is 1.02. The van der Waals surface area contributed by atoms with Crippen molar-refractivity contribution in [3.8, 4) is 5.40 Å². The van der Waals surface area contributed by atoms with Crippen LogP contribution in [0.5, 0.6) is 0 Å². The van der Waals surface area contributed by atoms with E-state index in [0.717, 1.165) is 11.8 Å². The average Bonchev–Trinajstić information content (AvgIpc) is 1.68. The lowest BCUT2D eigenvalue weighted by Gasteiger charge is -1.88. The highest BCUT2D eigenvalue weighted by atomic mass is 32.2. The van der Waals surface area contributed by atoms with Crippen molar-refractivity contribution in [2.24, 2.45) is 5.84 Å². The number of rotatable bonds is 0. The van der Waals surface area contributed by atoms with Crippen LogP contribution in [0.2, 0.25) is 0 Å². The number of thiocyanates is 1. The molecule has 0 unspecified atom stereocenters. The molecule has 0 saturated heterocycles. The summed E-state index contributed by atoms with van der Waals surface area (Å²) in [5.74, 6) is 4.79. The topological polar surface area (TPSA) is 61.8 Å². The monoisotopic (exact) mass is 133 g/mol. The molecule has 38 valence electrons. The number of hydrogen-bond donors (Lipinski definition) is 2. The maximum Gasteiger partial charge on any atom is 0.162 e. The van der Waals surface area contributed by atoms with Crippen LogP contribution in [0, 0.1) is 10.7 Å². The predicted molar refractivity (Wildman–Crippen MR) is 33.1 cm³/mol. The molecule has 0 rings (SSSR count). The van der Waals surface area contributed by atoms with Crippen molar-refractivity contribution in [3.05, 3.63) is 0 Å². The van der Waals surface area contributed by atoms with Gasteiger partial charge < -0.3 is 5.43 Å². The van der Waals surface area contributed by atoms with E-state index in [2.05, 4.69) is 17.6 Å². The molecule has 0 aromatic rings. The largest absolute Gasteiger partial charge is 0.309 e. The third kappa shape index (κ3) is 3.52. The van der Waals surface area contributed by atoms with Gasteiger partial charge in [-0.05, 0) is 0 Å². The second-order valence-electron chi connectivity index (χ2n) is 0.625. The summed E-state index contributed by atoms with van der Waals surface area (Å²) >= 11 is 5.29. The molecule has 0 fully saturated rings. The number of nitrogens with zero attached hydrogens (tertiary/aromatic N) is 1. The van der Waals surface area contributed by atoms with Crippen LogP contribution in [0.4, 0.5) is 0 Å². The van der Waals surface area contributed by atoms with Gasteiger partial charge in [-0.15, -0.1) is 0 Å². The molecule has 0 heterocycles. The van der Waals surface area contributed by atoms with E-state index in [0.29, 0.717) is 4.32 Å². The maximum atomic E-state index is 7.90. The summed E-state index contributed by atoms with van der Waals surface area (Å²) in [4.78, 5) is 0. The Bertz CT molecular complexity index is 104. The van der Waals surface area contributed by atoms with E-state index in [-0.39, 0.29) is 0 Å². The van der Waals surface area contributed by atoms with Gasteiger partial charge in [0.2, 0.25) is 0 Å². The third-order valence-electron chi connectivity index (χ3n) is 0.256. The van der Waals surface area contributed by atoms with Crippen LogP contribution in [0.3, 0.4) is 0 Å². The van der Waals surface area contributed by atoms with Gasteiger partial charge in [-0.25, -0.2) is 5.84 Å². The zero-order valence-corrected chi connectivity index (χ0v) is 4.97. The van der Waals surface area contributed by atoms with Crippen LogP contribution >= 0.6 is 24.0 Å². The first-order chi connectivity index (χ1) is 3.31.